The van der Waals surface area contributed by atoms with Gasteiger partial charge in [-0.15, -0.1) is 0 Å². The highest BCUT2D eigenvalue weighted by Gasteiger charge is 2.20. The average molecular weight is 346 g/mol. The summed E-state index contributed by atoms with van der Waals surface area (Å²) < 4.78 is 26.3. The molecule has 0 amide bonds. The quantitative estimate of drug-likeness (QED) is 0.622. The van der Waals surface area contributed by atoms with Gasteiger partial charge in [-0.05, 0) is 18.2 Å². The number of carbonyl (C=O) groups is 1. The van der Waals surface area contributed by atoms with Crippen LogP contribution in [0.5, 0.6) is 0 Å². The van der Waals surface area contributed by atoms with E-state index >= 15 is 0 Å². The summed E-state index contributed by atoms with van der Waals surface area (Å²) >= 11 is 5.76. The maximum atomic E-state index is 12.2. The molecule has 4 N–H and O–H groups in total. The van der Waals surface area contributed by atoms with E-state index in [0.29, 0.717) is 0 Å². The maximum Gasteiger partial charge on any atom is 0.335 e. The van der Waals surface area contributed by atoms with E-state index < -0.39 is 37.8 Å². The lowest BCUT2D eigenvalue weighted by atomic mass is 10.2. The van der Waals surface area contributed by atoms with E-state index in [1.54, 1.807) is 0 Å². The molecule has 116 valence electrons. The van der Waals surface area contributed by atoms with Crippen molar-refractivity contribution in [2.75, 3.05) is 4.72 Å². The topological polar surface area (TPSA) is 149 Å². The van der Waals surface area contributed by atoms with E-state index in [9.17, 15) is 22.8 Å². The molecule has 0 saturated carbocycles. The highest BCUT2D eigenvalue weighted by molar-refractivity contribution is 7.92. The Bertz CT molecular complexity index is 962. The van der Waals surface area contributed by atoms with Crippen LogP contribution in [0.1, 0.15) is 10.4 Å². The Balaban J connectivity index is 2.45. The molecule has 0 spiro atoms. The third kappa shape index (κ3) is 3.18. The van der Waals surface area contributed by atoms with Crippen molar-refractivity contribution in [1.82, 2.24) is 9.97 Å². The largest absolute Gasteiger partial charge is 0.478 e. The van der Waals surface area contributed by atoms with Gasteiger partial charge in [0.05, 0.1) is 10.6 Å². The van der Waals surface area contributed by atoms with Gasteiger partial charge in [0, 0.05) is 6.20 Å². The zero-order valence-corrected chi connectivity index (χ0v) is 12.2. The minimum absolute atomic E-state index is 0.189. The first-order chi connectivity index (χ1) is 10.2. The van der Waals surface area contributed by atoms with E-state index in [1.165, 1.54) is 0 Å². The second-order valence-corrected chi connectivity index (χ2v) is 6.10. The van der Waals surface area contributed by atoms with Crippen LogP contribution in [0, 0.1) is 0 Å². The molecule has 22 heavy (non-hydrogen) atoms. The molecule has 2 aromatic rings. The lowest BCUT2D eigenvalue weighted by Crippen LogP contribution is -2.26. The molecule has 0 fully saturated rings. The fourth-order valence-electron chi connectivity index (χ4n) is 1.54. The van der Waals surface area contributed by atoms with Gasteiger partial charge in [-0.2, -0.15) is 0 Å². The third-order valence-electron chi connectivity index (χ3n) is 2.53. The van der Waals surface area contributed by atoms with Crippen molar-refractivity contribution in [2.45, 2.75) is 4.90 Å². The standard InChI is InChI=1S/C11H8ClN3O6S/c12-6-3-5(10(17)18)1-2-8(6)22(20,21)15-7-4-13-11(19)14-9(7)16/h1-4,15H,(H,17,18)(H2,13,14,16,19). The van der Waals surface area contributed by atoms with Crippen LogP contribution in [0.4, 0.5) is 5.69 Å². The first-order valence-corrected chi connectivity index (χ1v) is 7.44. The lowest BCUT2D eigenvalue weighted by molar-refractivity contribution is 0.0696. The van der Waals surface area contributed by atoms with Crippen LogP contribution in [0.25, 0.3) is 0 Å². The van der Waals surface area contributed by atoms with Gasteiger partial charge in [-0.25, -0.2) is 18.0 Å². The second kappa shape index (κ2) is 5.66. The number of carboxylic acids is 1. The van der Waals surface area contributed by atoms with Gasteiger partial charge in [0.1, 0.15) is 10.6 Å². The number of sulfonamides is 1. The Kier molecular flexibility index (Phi) is 4.06. The van der Waals surface area contributed by atoms with Crippen molar-refractivity contribution < 1.29 is 18.3 Å². The number of aromatic nitrogens is 2. The number of hydrogen-bond donors (Lipinski definition) is 4. The van der Waals surface area contributed by atoms with E-state index in [1.807, 2.05) is 9.71 Å². The fourth-order valence-corrected chi connectivity index (χ4v) is 3.14. The molecule has 0 bridgehead atoms. The second-order valence-electron chi connectivity index (χ2n) is 4.04. The summed E-state index contributed by atoms with van der Waals surface area (Å²) in [6, 6.07) is 3.02. The Morgan fingerprint density at radius 2 is 1.95 bits per heavy atom. The van der Waals surface area contributed by atoms with Gasteiger partial charge in [-0.1, -0.05) is 11.6 Å². The fraction of sp³-hybridized carbons (Fsp3) is 0. The lowest BCUT2D eigenvalue weighted by Gasteiger charge is -2.09. The minimum Gasteiger partial charge on any atom is -0.478 e. The zero-order valence-electron chi connectivity index (χ0n) is 10.6. The normalized spacial score (nSPS) is 11.1. The molecule has 1 aromatic carbocycles. The number of halogens is 1. The van der Waals surface area contributed by atoms with Crippen LogP contribution in [0.15, 0.2) is 38.9 Å². The predicted molar refractivity (Wildman–Crippen MR) is 76.9 cm³/mol. The number of H-pyrrole nitrogens is 2. The maximum absolute atomic E-state index is 12.2. The Morgan fingerprint density at radius 3 is 2.50 bits per heavy atom. The molecular formula is C11H8ClN3O6S. The molecular weight excluding hydrogens is 338 g/mol. The van der Waals surface area contributed by atoms with Crippen LogP contribution in [0.2, 0.25) is 5.02 Å². The van der Waals surface area contributed by atoms with Gasteiger partial charge in [0.25, 0.3) is 15.6 Å². The Morgan fingerprint density at radius 1 is 1.27 bits per heavy atom. The van der Waals surface area contributed by atoms with Gasteiger partial charge < -0.3 is 10.1 Å². The molecule has 0 saturated heterocycles. The zero-order chi connectivity index (χ0) is 16.5. The third-order valence-corrected chi connectivity index (χ3v) is 4.38. The molecule has 11 heteroatoms. The first kappa shape index (κ1) is 15.8. The van der Waals surface area contributed by atoms with E-state index in [0.717, 1.165) is 24.4 Å². The van der Waals surface area contributed by atoms with Crippen molar-refractivity contribution in [3.05, 3.63) is 55.8 Å². The van der Waals surface area contributed by atoms with Crippen molar-refractivity contribution in [3.63, 3.8) is 0 Å². The summed E-state index contributed by atoms with van der Waals surface area (Å²) in [5.41, 5.74) is -2.34. The molecule has 0 aliphatic heterocycles. The SMILES string of the molecule is O=C(O)c1ccc(S(=O)(=O)Nc2c[nH]c(=O)[nH]c2=O)c(Cl)c1. The first-order valence-electron chi connectivity index (χ1n) is 5.58. The number of hydrogen-bond acceptors (Lipinski definition) is 5. The number of rotatable bonds is 4. The van der Waals surface area contributed by atoms with Crippen LogP contribution in [-0.2, 0) is 10.0 Å². The molecule has 1 aromatic heterocycles. The van der Waals surface area contributed by atoms with Crippen molar-refractivity contribution in [1.29, 1.82) is 0 Å². The molecule has 0 aliphatic rings. The number of aromatic amines is 2. The van der Waals surface area contributed by atoms with Crippen molar-refractivity contribution >= 4 is 33.3 Å². The van der Waals surface area contributed by atoms with Gasteiger partial charge in [0.15, 0.2) is 0 Å². The van der Waals surface area contributed by atoms with Gasteiger partial charge in [-0.3, -0.25) is 14.5 Å². The number of nitrogens with one attached hydrogen (secondary N) is 3. The highest BCUT2D eigenvalue weighted by Crippen LogP contribution is 2.24. The molecule has 1 heterocycles. The summed E-state index contributed by atoms with van der Waals surface area (Å²) in [5, 5.41) is 8.47. The molecule has 0 atom stereocenters. The van der Waals surface area contributed by atoms with Crippen LogP contribution in [0.3, 0.4) is 0 Å². The predicted octanol–water partition coefficient (Wildman–Crippen LogP) is 0.216. The molecule has 0 unspecified atom stereocenters. The highest BCUT2D eigenvalue weighted by atomic mass is 35.5. The number of aromatic carboxylic acids is 1. The Hall–Kier alpha value is -2.59. The van der Waals surface area contributed by atoms with Gasteiger partial charge in [0.2, 0.25) is 0 Å². The van der Waals surface area contributed by atoms with E-state index in [2.05, 4.69) is 4.98 Å². The summed E-state index contributed by atoms with van der Waals surface area (Å²) in [5.74, 6) is -1.27. The Labute approximate surface area is 127 Å². The minimum atomic E-state index is -4.24. The van der Waals surface area contributed by atoms with E-state index in [4.69, 9.17) is 16.7 Å². The monoisotopic (exact) mass is 345 g/mol. The molecule has 0 aliphatic carbocycles. The summed E-state index contributed by atoms with van der Waals surface area (Å²) in [7, 11) is -4.24. The average Bonchev–Trinajstić information content (AvgIpc) is 2.41. The van der Waals surface area contributed by atoms with Crippen molar-refractivity contribution in [2.24, 2.45) is 0 Å². The molecule has 9 nitrogen and oxygen atoms in total. The molecule has 2 rings (SSSR count). The molecule has 0 radical (unpaired) electrons. The smallest absolute Gasteiger partial charge is 0.335 e. The number of anilines is 1. The summed E-state index contributed by atoms with van der Waals surface area (Å²) in [6.45, 7) is 0. The van der Waals surface area contributed by atoms with Crippen LogP contribution in [-0.4, -0.2) is 29.5 Å². The number of carboxylic acid groups (broad SMARTS) is 1. The van der Waals surface area contributed by atoms with Crippen LogP contribution < -0.4 is 16.0 Å². The van der Waals surface area contributed by atoms with Gasteiger partial charge >= 0.3 is 11.7 Å². The summed E-state index contributed by atoms with van der Waals surface area (Å²) in [6.07, 6.45) is 0.887. The number of benzene rings is 1. The van der Waals surface area contributed by atoms with Crippen molar-refractivity contribution in [3.8, 4) is 0 Å². The summed E-state index contributed by atoms with van der Waals surface area (Å²) in [4.78, 5) is 36.7. The van der Waals surface area contributed by atoms with Crippen LogP contribution >= 0.6 is 11.6 Å². The van der Waals surface area contributed by atoms with E-state index in [-0.39, 0.29) is 10.6 Å².